The first-order chi connectivity index (χ1) is 4.09. The second-order valence-corrected chi connectivity index (χ2v) is 2.41. The van der Waals surface area contributed by atoms with E-state index in [0.717, 1.165) is 5.92 Å². The van der Waals surface area contributed by atoms with Crippen molar-refractivity contribution in [3.8, 4) is 0 Å². The number of nitrogens with one attached hydrogen (secondary N) is 1. The molecule has 0 spiro atoms. The van der Waals surface area contributed by atoms with Crippen molar-refractivity contribution in [2.75, 3.05) is 7.05 Å². The summed E-state index contributed by atoms with van der Waals surface area (Å²) >= 11 is 0. The molecule has 0 rings (SSSR count). The summed E-state index contributed by atoms with van der Waals surface area (Å²) in [5.74, 6) is 1.29. The van der Waals surface area contributed by atoms with Crippen LogP contribution in [0.4, 0.5) is 0 Å². The molecule has 0 unspecified atom stereocenters. The Bertz CT molecular complexity index is 99.1. The molecule has 0 saturated carbocycles. The van der Waals surface area contributed by atoms with Crippen LogP contribution in [-0.4, -0.2) is 13.0 Å². The number of amides is 1. The van der Waals surface area contributed by atoms with E-state index in [2.05, 4.69) is 5.32 Å². The van der Waals surface area contributed by atoms with Gasteiger partial charge < -0.3 is 5.32 Å². The van der Waals surface area contributed by atoms with Gasteiger partial charge in [0.05, 0.1) is 0 Å². The van der Waals surface area contributed by atoms with Crippen LogP contribution < -0.4 is 5.32 Å². The van der Waals surface area contributed by atoms with Crippen molar-refractivity contribution in [2.24, 2.45) is 5.92 Å². The van der Waals surface area contributed by atoms with Gasteiger partial charge in [-0.1, -0.05) is 20.8 Å². The summed E-state index contributed by atoms with van der Waals surface area (Å²) < 4.78 is 0. The number of rotatable bonds is 2. The molecule has 1 N–H and O–H groups in total. The van der Waals surface area contributed by atoms with E-state index in [1.807, 2.05) is 20.8 Å². The molecule has 53 valence electrons. The minimum Gasteiger partial charge on any atom is -0.359 e. The lowest BCUT2D eigenvalue weighted by molar-refractivity contribution is -0.123. The quantitative estimate of drug-likeness (QED) is 0.590. The fourth-order valence-electron chi connectivity index (χ4n) is 0.479. The molecule has 0 heterocycles. The lowest BCUT2D eigenvalue weighted by atomic mass is 9.98. The van der Waals surface area contributed by atoms with Crippen molar-refractivity contribution < 1.29 is 4.79 Å². The molecule has 0 aromatic rings. The van der Waals surface area contributed by atoms with Gasteiger partial charge in [-0.15, -0.1) is 0 Å². The zero-order valence-electron chi connectivity index (χ0n) is 6.49. The third-order valence-electron chi connectivity index (χ3n) is 1.51. The van der Waals surface area contributed by atoms with Gasteiger partial charge in [0.2, 0.25) is 5.91 Å². The Balaban J connectivity index is 3.72. The Morgan fingerprint density at radius 3 is 2.00 bits per heavy atom. The van der Waals surface area contributed by atoms with Crippen LogP contribution in [0.25, 0.3) is 0 Å². The Kier molecular flexibility index (Phi) is 3.28. The van der Waals surface area contributed by atoms with E-state index in [0.29, 0.717) is 0 Å². The van der Waals surface area contributed by atoms with Crippen LogP contribution in [0.15, 0.2) is 0 Å². The molecular formula is C7H14NO. The van der Waals surface area contributed by atoms with Gasteiger partial charge in [-0.05, 0) is 5.92 Å². The van der Waals surface area contributed by atoms with Gasteiger partial charge in [-0.3, -0.25) is 4.79 Å². The monoisotopic (exact) mass is 128 g/mol. The minimum atomic E-state index is 0.0509. The normalized spacial score (nSPS) is 13.4. The molecule has 0 aromatic carbocycles. The first-order valence-corrected chi connectivity index (χ1v) is 3.11. The second kappa shape index (κ2) is 3.49. The molecular weight excluding hydrogens is 114 g/mol. The molecule has 2 heteroatoms. The van der Waals surface area contributed by atoms with Crippen molar-refractivity contribution >= 4 is 5.91 Å². The maximum Gasteiger partial charge on any atom is 0.223 e. The summed E-state index contributed by atoms with van der Waals surface area (Å²) in [6.07, 6.45) is 0. The Hall–Kier alpha value is -0.530. The molecule has 0 aliphatic heterocycles. The molecule has 1 amide bonds. The van der Waals surface area contributed by atoms with Crippen LogP contribution in [0.5, 0.6) is 0 Å². The van der Waals surface area contributed by atoms with Crippen molar-refractivity contribution in [1.82, 2.24) is 5.32 Å². The first-order valence-electron chi connectivity index (χ1n) is 3.11. The van der Waals surface area contributed by atoms with E-state index in [1.54, 1.807) is 7.05 Å². The van der Waals surface area contributed by atoms with Gasteiger partial charge in [0.15, 0.2) is 0 Å². The third-order valence-corrected chi connectivity index (χ3v) is 1.51. The van der Waals surface area contributed by atoms with Crippen LogP contribution in [0.2, 0.25) is 0 Å². The highest BCUT2D eigenvalue weighted by atomic mass is 16.1. The van der Waals surface area contributed by atoms with Gasteiger partial charge in [0, 0.05) is 13.0 Å². The summed E-state index contributed by atoms with van der Waals surface area (Å²) in [5.41, 5.74) is 0. The number of carbonyl (C=O) groups excluding carboxylic acids is 1. The van der Waals surface area contributed by atoms with Gasteiger partial charge in [0.1, 0.15) is 0 Å². The van der Waals surface area contributed by atoms with Gasteiger partial charge >= 0.3 is 0 Å². The smallest absolute Gasteiger partial charge is 0.223 e. The van der Waals surface area contributed by atoms with E-state index < -0.39 is 0 Å². The highest BCUT2D eigenvalue weighted by Crippen LogP contribution is 2.10. The predicted molar refractivity (Wildman–Crippen MR) is 37.8 cm³/mol. The lowest BCUT2D eigenvalue weighted by Gasteiger charge is -2.11. The summed E-state index contributed by atoms with van der Waals surface area (Å²) in [4.78, 5) is 10.8. The highest BCUT2D eigenvalue weighted by Gasteiger charge is 2.14. The van der Waals surface area contributed by atoms with Crippen molar-refractivity contribution in [3.63, 3.8) is 0 Å². The maximum atomic E-state index is 10.8. The van der Waals surface area contributed by atoms with Gasteiger partial charge in [-0.25, -0.2) is 0 Å². The fourth-order valence-corrected chi connectivity index (χ4v) is 0.479. The summed E-state index contributed by atoms with van der Waals surface area (Å²) in [6, 6.07) is 0. The second-order valence-electron chi connectivity index (χ2n) is 2.41. The molecule has 1 radical (unpaired) electrons. The number of hydrogen-bond donors (Lipinski definition) is 1. The van der Waals surface area contributed by atoms with Crippen molar-refractivity contribution in [3.05, 3.63) is 5.92 Å². The van der Waals surface area contributed by atoms with Crippen LogP contribution >= 0.6 is 0 Å². The molecule has 0 aliphatic carbocycles. The van der Waals surface area contributed by atoms with Crippen LogP contribution in [-0.2, 0) is 4.79 Å². The molecule has 9 heavy (non-hydrogen) atoms. The van der Waals surface area contributed by atoms with Crippen LogP contribution in [0.1, 0.15) is 20.8 Å². The highest BCUT2D eigenvalue weighted by molar-refractivity contribution is 5.79. The molecule has 0 aliphatic rings. The molecule has 2 nitrogen and oxygen atoms in total. The zero-order chi connectivity index (χ0) is 7.44. The Morgan fingerprint density at radius 2 is 1.89 bits per heavy atom. The molecule has 0 fully saturated rings. The molecule has 1 atom stereocenters. The first kappa shape index (κ1) is 8.47. The average molecular weight is 128 g/mol. The minimum absolute atomic E-state index is 0.0509. The van der Waals surface area contributed by atoms with Crippen molar-refractivity contribution in [2.45, 2.75) is 20.8 Å². The maximum absolute atomic E-state index is 10.8. The van der Waals surface area contributed by atoms with E-state index in [4.69, 9.17) is 0 Å². The SMILES string of the molecule is CNC(=O)[C@@H](C)[C](C)C. The van der Waals surface area contributed by atoms with Gasteiger partial charge in [-0.2, -0.15) is 0 Å². The Labute approximate surface area is 56.6 Å². The van der Waals surface area contributed by atoms with E-state index in [-0.39, 0.29) is 11.8 Å². The largest absolute Gasteiger partial charge is 0.359 e. The fraction of sp³-hybridized carbons (Fsp3) is 0.714. The van der Waals surface area contributed by atoms with Crippen molar-refractivity contribution in [1.29, 1.82) is 0 Å². The lowest BCUT2D eigenvalue weighted by Crippen LogP contribution is -2.27. The van der Waals surface area contributed by atoms with E-state index in [1.165, 1.54) is 0 Å². The molecule has 0 aromatic heterocycles. The van der Waals surface area contributed by atoms with Crippen LogP contribution in [0.3, 0.4) is 0 Å². The average Bonchev–Trinajstić information content (AvgIpc) is 1.84. The third kappa shape index (κ3) is 2.49. The predicted octanol–water partition coefficient (Wildman–Crippen LogP) is 0.983. The topological polar surface area (TPSA) is 29.1 Å². The summed E-state index contributed by atoms with van der Waals surface area (Å²) in [7, 11) is 1.65. The zero-order valence-corrected chi connectivity index (χ0v) is 6.49. The Morgan fingerprint density at radius 1 is 1.44 bits per heavy atom. The number of carbonyl (C=O) groups is 1. The van der Waals surface area contributed by atoms with E-state index in [9.17, 15) is 4.79 Å². The number of hydrogen-bond acceptors (Lipinski definition) is 1. The van der Waals surface area contributed by atoms with E-state index >= 15 is 0 Å². The van der Waals surface area contributed by atoms with Gasteiger partial charge in [0.25, 0.3) is 0 Å². The standard InChI is InChI=1S/C7H14NO/c1-5(2)6(3)7(9)8-4/h6H,1-4H3,(H,8,9)/t6-/m0/s1. The molecule has 0 saturated heterocycles. The van der Waals surface area contributed by atoms with Crippen LogP contribution in [0, 0.1) is 11.8 Å². The summed E-state index contributed by atoms with van der Waals surface area (Å²) in [6.45, 7) is 5.81. The molecule has 0 bridgehead atoms. The summed E-state index contributed by atoms with van der Waals surface area (Å²) in [5, 5.41) is 2.59.